The lowest BCUT2D eigenvalue weighted by molar-refractivity contribution is 0.0950. The van der Waals surface area contributed by atoms with Crippen LogP contribution in [-0.2, 0) is 13.1 Å². The molecule has 1 fully saturated rings. The molecule has 1 aliphatic rings. The van der Waals surface area contributed by atoms with Crippen molar-refractivity contribution in [3.8, 4) is 10.6 Å². The van der Waals surface area contributed by atoms with Gasteiger partial charge in [0.2, 0.25) is 0 Å². The van der Waals surface area contributed by atoms with Crippen LogP contribution in [0, 0.1) is 0 Å². The highest BCUT2D eigenvalue weighted by Crippen LogP contribution is 2.23. The fourth-order valence-electron chi connectivity index (χ4n) is 3.51. The standard InChI is InChI=1S/C23H25N3OS/c27-22(19-11-9-18(10-12-19)16-26-13-5-2-6-14-26)24-15-21-17-28-23(25-21)20-7-3-1-4-8-20/h1,3-4,7-12,17H,2,5-6,13-16H2,(H,24,27). The summed E-state index contributed by atoms with van der Waals surface area (Å²) in [5, 5.41) is 5.96. The van der Waals surface area contributed by atoms with Gasteiger partial charge in [0.25, 0.3) is 5.91 Å². The summed E-state index contributed by atoms with van der Waals surface area (Å²) in [6.45, 7) is 3.78. The summed E-state index contributed by atoms with van der Waals surface area (Å²) in [7, 11) is 0. The minimum Gasteiger partial charge on any atom is -0.346 e. The van der Waals surface area contributed by atoms with Crippen molar-refractivity contribution in [3.63, 3.8) is 0 Å². The van der Waals surface area contributed by atoms with E-state index in [2.05, 4.69) is 27.3 Å². The van der Waals surface area contributed by atoms with Gasteiger partial charge in [-0.1, -0.05) is 48.9 Å². The molecule has 144 valence electrons. The van der Waals surface area contributed by atoms with Gasteiger partial charge in [0.05, 0.1) is 12.2 Å². The van der Waals surface area contributed by atoms with Crippen LogP contribution in [0.1, 0.15) is 40.9 Å². The molecule has 0 spiro atoms. The van der Waals surface area contributed by atoms with Crippen molar-refractivity contribution in [2.75, 3.05) is 13.1 Å². The molecular weight excluding hydrogens is 366 g/mol. The lowest BCUT2D eigenvalue weighted by Crippen LogP contribution is -2.29. The van der Waals surface area contributed by atoms with Gasteiger partial charge < -0.3 is 5.32 Å². The van der Waals surface area contributed by atoms with E-state index < -0.39 is 0 Å². The molecule has 5 heteroatoms. The van der Waals surface area contributed by atoms with E-state index in [9.17, 15) is 4.79 Å². The molecular formula is C23H25N3OS. The van der Waals surface area contributed by atoms with Crippen LogP contribution in [-0.4, -0.2) is 28.9 Å². The number of nitrogens with zero attached hydrogens (tertiary/aromatic N) is 2. The summed E-state index contributed by atoms with van der Waals surface area (Å²) >= 11 is 1.60. The molecule has 0 atom stereocenters. The summed E-state index contributed by atoms with van der Waals surface area (Å²) in [4.78, 5) is 19.6. The van der Waals surface area contributed by atoms with E-state index in [0.717, 1.165) is 22.8 Å². The maximum atomic E-state index is 12.5. The SMILES string of the molecule is O=C(NCc1csc(-c2ccccc2)n1)c1ccc(CN2CCCCC2)cc1. The van der Waals surface area contributed by atoms with E-state index in [1.54, 1.807) is 11.3 Å². The number of rotatable bonds is 6. The quantitative estimate of drug-likeness (QED) is 0.661. The number of benzene rings is 2. The van der Waals surface area contributed by atoms with Crippen LogP contribution < -0.4 is 5.32 Å². The molecule has 0 bridgehead atoms. The summed E-state index contributed by atoms with van der Waals surface area (Å²) in [5.74, 6) is -0.0567. The Morgan fingerprint density at radius 2 is 1.75 bits per heavy atom. The Labute approximate surface area is 170 Å². The summed E-state index contributed by atoms with van der Waals surface area (Å²) in [6.07, 6.45) is 3.94. The zero-order valence-electron chi connectivity index (χ0n) is 15.9. The van der Waals surface area contributed by atoms with Crippen LogP contribution in [0.15, 0.2) is 60.0 Å². The Morgan fingerprint density at radius 3 is 2.50 bits per heavy atom. The van der Waals surface area contributed by atoms with Crippen molar-refractivity contribution in [3.05, 3.63) is 76.8 Å². The van der Waals surface area contributed by atoms with Gasteiger partial charge >= 0.3 is 0 Å². The molecule has 1 N–H and O–H groups in total. The van der Waals surface area contributed by atoms with E-state index in [1.165, 1.54) is 37.9 Å². The Kier molecular flexibility index (Phi) is 6.14. The van der Waals surface area contributed by atoms with Crippen LogP contribution in [0.5, 0.6) is 0 Å². The molecule has 28 heavy (non-hydrogen) atoms. The third-order valence-corrected chi connectivity index (χ3v) is 6.01. The zero-order valence-corrected chi connectivity index (χ0v) is 16.8. The second kappa shape index (κ2) is 9.13. The van der Waals surface area contributed by atoms with Crippen LogP contribution in [0.2, 0.25) is 0 Å². The van der Waals surface area contributed by atoms with E-state index in [4.69, 9.17) is 0 Å². The number of piperidine rings is 1. The molecule has 4 nitrogen and oxygen atoms in total. The summed E-state index contributed by atoms with van der Waals surface area (Å²) in [6, 6.07) is 18.1. The first kappa shape index (κ1) is 18.8. The van der Waals surface area contributed by atoms with Gasteiger partial charge in [-0.05, 0) is 43.6 Å². The van der Waals surface area contributed by atoms with E-state index in [1.807, 2.05) is 47.8 Å². The highest BCUT2D eigenvalue weighted by Gasteiger charge is 2.12. The average molecular weight is 392 g/mol. The lowest BCUT2D eigenvalue weighted by Gasteiger charge is -2.26. The lowest BCUT2D eigenvalue weighted by atomic mass is 10.1. The molecule has 0 radical (unpaired) electrons. The average Bonchev–Trinajstić information content (AvgIpc) is 3.23. The number of carbonyl (C=O) groups is 1. The molecule has 1 amide bonds. The monoisotopic (exact) mass is 391 g/mol. The van der Waals surface area contributed by atoms with Crippen LogP contribution in [0.25, 0.3) is 10.6 Å². The third-order valence-electron chi connectivity index (χ3n) is 5.07. The van der Waals surface area contributed by atoms with Gasteiger partial charge in [0, 0.05) is 23.1 Å². The predicted molar refractivity (Wildman–Crippen MR) is 114 cm³/mol. The minimum atomic E-state index is -0.0567. The van der Waals surface area contributed by atoms with Gasteiger partial charge in [-0.3, -0.25) is 9.69 Å². The van der Waals surface area contributed by atoms with E-state index in [0.29, 0.717) is 12.1 Å². The number of hydrogen-bond donors (Lipinski definition) is 1. The fraction of sp³-hybridized carbons (Fsp3) is 0.304. The van der Waals surface area contributed by atoms with Crippen molar-refractivity contribution in [1.82, 2.24) is 15.2 Å². The Balaban J connectivity index is 1.31. The largest absolute Gasteiger partial charge is 0.346 e. The maximum Gasteiger partial charge on any atom is 0.251 e. The Morgan fingerprint density at radius 1 is 1.00 bits per heavy atom. The van der Waals surface area contributed by atoms with Gasteiger partial charge in [-0.15, -0.1) is 11.3 Å². The third kappa shape index (κ3) is 4.86. The first-order valence-corrected chi connectivity index (χ1v) is 10.8. The van der Waals surface area contributed by atoms with Crippen LogP contribution >= 0.6 is 11.3 Å². The minimum absolute atomic E-state index is 0.0567. The molecule has 4 rings (SSSR count). The molecule has 1 saturated heterocycles. The number of aromatic nitrogens is 1. The highest BCUT2D eigenvalue weighted by atomic mass is 32.1. The van der Waals surface area contributed by atoms with Crippen LogP contribution in [0.4, 0.5) is 0 Å². The molecule has 2 aromatic carbocycles. The highest BCUT2D eigenvalue weighted by molar-refractivity contribution is 7.13. The number of amides is 1. The van der Waals surface area contributed by atoms with Crippen molar-refractivity contribution < 1.29 is 4.79 Å². The van der Waals surface area contributed by atoms with Crippen molar-refractivity contribution in [2.45, 2.75) is 32.4 Å². The number of likely N-dealkylation sites (tertiary alicyclic amines) is 1. The molecule has 1 aliphatic heterocycles. The topological polar surface area (TPSA) is 45.2 Å². The normalized spacial score (nSPS) is 14.7. The number of hydrogen-bond acceptors (Lipinski definition) is 4. The van der Waals surface area contributed by atoms with Crippen LogP contribution in [0.3, 0.4) is 0 Å². The molecule has 2 heterocycles. The van der Waals surface area contributed by atoms with Gasteiger partial charge in [0.15, 0.2) is 0 Å². The maximum absolute atomic E-state index is 12.5. The molecule has 0 unspecified atom stereocenters. The second-order valence-corrected chi connectivity index (χ2v) is 8.08. The summed E-state index contributed by atoms with van der Waals surface area (Å²) < 4.78 is 0. The smallest absolute Gasteiger partial charge is 0.251 e. The molecule has 1 aromatic heterocycles. The van der Waals surface area contributed by atoms with E-state index in [-0.39, 0.29) is 5.91 Å². The van der Waals surface area contributed by atoms with Crippen molar-refractivity contribution in [1.29, 1.82) is 0 Å². The van der Waals surface area contributed by atoms with Gasteiger partial charge in [0.1, 0.15) is 5.01 Å². The first-order chi connectivity index (χ1) is 13.8. The number of thiazole rings is 1. The van der Waals surface area contributed by atoms with Crippen molar-refractivity contribution >= 4 is 17.2 Å². The molecule has 0 aliphatic carbocycles. The van der Waals surface area contributed by atoms with Gasteiger partial charge in [-0.2, -0.15) is 0 Å². The predicted octanol–water partition coefficient (Wildman–Crippen LogP) is 4.73. The fourth-order valence-corrected chi connectivity index (χ4v) is 4.34. The molecule has 0 saturated carbocycles. The number of nitrogens with one attached hydrogen (secondary N) is 1. The Bertz CT molecular complexity index is 899. The first-order valence-electron chi connectivity index (χ1n) is 9.87. The second-order valence-electron chi connectivity index (χ2n) is 7.23. The molecule has 3 aromatic rings. The van der Waals surface area contributed by atoms with E-state index >= 15 is 0 Å². The Hall–Kier alpha value is -2.50. The zero-order chi connectivity index (χ0) is 19.2. The van der Waals surface area contributed by atoms with Gasteiger partial charge in [-0.25, -0.2) is 4.98 Å². The summed E-state index contributed by atoms with van der Waals surface area (Å²) in [5.41, 5.74) is 3.96. The number of carbonyl (C=O) groups excluding carboxylic acids is 1. The van der Waals surface area contributed by atoms with Crippen molar-refractivity contribution in [2.24, 2.45) is 0 Å².